The number of anilines is 2. The molecule has 1 aliphatic rings. The number of benzene rings is 1. The topological polar surface area (TPSA) is 122 Å². The third kappa shape index (κ3) is 3.39. The molecule has 32 heavy (non-hydrogen) atoms. The molecule has 2 aromatic heterocycles. The molecular formula is C23H25N9. The number of amidine groups is 2. The largest absolute Gasteiger partial charge is 0.342 e. The van der Waals surface area contributed by atoms with E-state index in [2.05, 4.69) is 34.8 Å². The van der Waals surface area contributed by atoms with E-state index in [4.69, 9.17) is 21.1 Å². The molecule has 0 fully saturated rings. The summed E-state index contributed by atoms with van der Waals surface area (Å²) < 4.78 is 1.81. The normalized spacial score (nSPS) is 15.6. The second-order valence-electron chi connectivity index (χ2n) is 7.92. The Hall–Kier alpha value is -4.06. The van der Waals surface area contributed by atoms with Crippen molar-refractivity contribution in [3.8, 4) is 23.4 Å². The molecule has 0 spiro atoms. The third-order valence-electron chi connectivity index (χ3n) is 5.52. The SMILES string of the molecule is CC[C@@H]1C(=N)N(C(C)=N)c2cnc(-n3ccnc3-c3ccc(C#N)cc3)nc2N1C(C)C. The summed E-state index contributed by atoms with van der Waals surface area (Å²) in [6.45, 7) is 7.86. The number of nitriles is 1. The van der Waals surface area contributed by atoms with Gasteiger partial charge in [0.15, 0.2) is 5.82 Å². The zero-order chi connectivity index (χ0) is 23.0. The predicted octanol–water partition coefficient (Wildman–Crippen LogP) is 3.99. The molecule has 1 atom stereocenters. The van der Waals surface area contributed by atoms with E-state index >= 15 is 0 Å². The van der Waals surface area contributed by atoms with Crippen molar-refractivity contribution >= 4 is 23.2 Å². The van der Waals surface area contributed by atoms with E-state index in [1.165, 1.54) is 0 Å². The Balaban J connectivity index is 1.86. The molecule has 0 aliphatic carbocycles. The predicted molar refractivity (Wildman–Crippen MR) is 125 cm³/mol. The monoisotopic (exact) mass is 427 g/mol. The van der Waals surface area contributed by atoms with Crippen LogP contribution in [0.25, 0.3) is 17.3 Å². The van der Waals surface area contributed by atoms with Crippen molar-refractivity contribution < 1.29 is 0 Å². The van der Waals surface area contributed by atoms with Gasteiger partial charge in [0.05, 0.1) is 23.9 Å². The fourth-order valence-electron chi connectivity index (χ4n) is 4.11. The van der Waals surface area contributed by atoms with E-state index in [0.717, 1.165) is 12.0 Å². The van der Waals surface area contributed by atoms with Crippen LogP contribution in [0.15, 0.2) is 42.9 Å². The molecule has 4 rings (SSSR count). The summed E-state index contributed by atoms with van der Waals surface area (Å²) in [4.78, 5) is 17.7. The fourth-order valence-corrected chi connectivity index (χ4v) is 4.11. The summed E-state index contributed by atoms with van der Waals surface area (Å²) >= 11 is 0. The zero-order valence-corrected chi connectivity index (χ0v) is 18.5. The van der Waals surface area contributed by atoms with Gasteiger partial charge in [-0.25, -0.2) is 9.97 Å². The van der Waals surface area contributed by atoms with Crippen LogP contribution < -0.4 is 9.80 Å². The Labute approximate surface area is 187 Å². The van der Waals surface area contributed by atoms with Crippen LogP contribution in [-0.4, -0.2) is 43.3 Å². The standard InChI is InChI=1S/C23H25N9/c1-5-18-20(26)32(15(4)25)19-13-28-23(29-22(19)31(18)14(2)3)30-11-10-27-21(30)17-8-6-16(12-24)7-9-17/h6-11,13-14,18,25-26H,5H2,1-4H3/t18-/m1/s1. The second-order valence-corrected chi connectivity index (χ2v) is 7.92. The Bertz CT molecular complexity index is 1220. The van der Waals surface area contributed by atoms with E-state index < -0.39 is 0 Å². The lowest BCUT2D eigenvalue weighted by atomic mass is 10.0. The number of hydrogen-bond donors (Lipinski definition) is 2. The number of aromatic nitrogens is 4. The maximum Gasteiger partial charge on any atom is 0.237 e. The number of nitrogens with one attached hydrogen (secondary N) is 2. The molecule has 0 amide bonds. The van der Waals surface area contributed by atoms with Crippen LogP contribution >= 0.6 is 0 Å². The lowest BCUT2D eigenvalue weighted by molar-refractivity contribution is 0.596. The van der Waals surface area contributed by atoms with Crippen LogP contribution in [0.4, 0.5) is 11.5 Å². The van der Waals surface area contributed by atoms with E-state index in [1.54, 1.807) is 42.5 Å². The van der Waals surface area contributed by atoms with Crippen molar-refractivity contribution in [2.24, 2.45) is 0 Å². The molecule has 0 unspecified atom stereocenters. The first-order valence-corrected chi connectivity index (χ1v) is 10.5. The first-order valence-electron chi connectivity index (χ1n) is 10.5. The average Bonchev–Trinajstić information content (AvgIpc) is 3.27. The van der Waals surface area contributed by atoms with Crippen LogP contribution in [-0.2, 0) is 0 Å². The number of fused-ring (bicyclic) bond motifs is 1. The van der Waals surface area contributed by atoms with Gasteiger partial charge >= 0.3 is 0 Å². The molecule has 0 bridgehead atoms. The molecule has 9 nitrogen and oxygen atoms in total. The lowest BCUT2D eigenvalue weighted by Gasteiger charge is -2.45. The molecule has 1 aromatic carbocycles. The first kappa shape index (κ1) is 21.2. The maximum atomic E-state index is 9.06. The minimum absolute atomic E-state index is 0.107. The van der Waals surface area contributed by atoms with E-state index in [-0.39, 0.29) is 17.9 Å². The Morgan fingerprint density at radius 2 is 1.94 bits per heavy atom. The molecule has 0 radical (unpaired) electrons. The number of rotatable bonds is 4. The van der Waals surface area contributed by atoms with E-state index in [9.17, 15) is 0 Å². The van der Waals surface area contributed by atoms with Crippen molar-refractivity contribution in [2.45, 2.75) is 46.2 Å². The molecule has 162 valence electrons. The summed E-state index contributed by atoms with van der Waals surface area (Å²) in [5, 5.41) is 26.0. The van der Waals surface area contributed by atoms with Gasteiger partial charge < -0.3 is 4.90 Å². The van der Waals surface area contributed by atoms with E-state index in [1.807, 2.05) is 23.6 Å². The van der Waals surface area contributed by atoms with Crippen molar-refractivity contribution in [2.75, 3.05) is 9.80 Å². The van der Waals surface area contributed by atoms with Crippen LogP contribution in [0, 0.1) is 22.1 Å². The smallest absolute Gasteiger partial charge is 0.237 e. The minimum Gasteiger partial charge on any atom is -0.342 e. The van der Waals surface area contributed by atoms with Gasteiger partial charge in [0.2, 0.25) is 5.95 Å². The van der Waals surface area contributed by atoms with Crippen LogP contribution in [0.1, 0.15) is 39.7 Å². The highest BCUT2D eigenvalue weighted by Crippen LogP contribution is 2.37. The van der Waals surface area contributed by atoms with Gasteiger partial charge in [-0.2, -0.15) is 10.2 Å². The minimum atomic E-state index is -0.189. The Morgan fingerprint density at radius 1 is 1.22 bits per heavy atom. The number of hydrogen-bond acceptors (Lipinski definition) is 7. The summed E-state index contributed by atoms with van der Waals surface area (Å²) in [6.07, 6.45) is 5.89. The van der Waals surface area contributed by atoms with Gasteiger partial charge in [-0.05, 0) is 51.5 Å². The molecular weight excluding hydrogens is 402 g/mol. The summed E-state index contributed by atoms with van der Waals surface area (Å²) in [5.41, 5.74) is 2.06. The quantitative estimate of drug-likeness (QED) is 0.480. The summed E-state index contributed by atoms with van der Waals surface area (Å²) in [7, 11) is 0. The molecule has 2 N–H and O–H groups in total. The molecule has 0 saturated carbocycles. The number of nitrogens with zero attached hydrogens (tertiary/aromatic N) is 7. The van der Waals surface area contributed by atoms with Crippen LogP contribution in [0.2, 0.25) is 0 Å². The molecule has 3 heterocycles. The highest BCUT2D eigenvalue weighted by molar-refractivity contribution is 6.21. The Kier molecular flexibility index (Phi) is 5.45. The van der Waals surface area contributed by atoms with Gasteiger partial charge in [-0.15, -0.1) is 0 Å². The van der Waals surface area contributed by atoms with Crippen molar-refractivity contribution in [1.29, 1.82) is 16.1 Å². The molecule has 9 heteroatoms. The Morgan fingerprint density at radius 3 is 2.53 bits per heavy atom. The second kappa shape index (κ2) is 8.23. The third-order valence-corrected chi connectivity index (χ3v) is 5.52. The average molecular weight is 428 g/mol. The van der Waals surface area contributed by atoms with Gasteiger partial charge in [0, 0.05) is 24.0 Å². The van der Waals surface area contributed by atoms with Gasteiger partial charge in [-0.1, -0.05) is 6.92 Å². The lowest BCUT2D eigenvalue weighted by Crippen LogP contribution is -2.56. The number of imidazole rings is 1. The van der Waals surface area contributed by atoms with Crippen molar-refractivity contribution in [3.05, 3.63) is 48.4 Å². The maximum absolute atomic E-state index is 9.06. The van der Waals surface area contributed by atoms with Crippen LogP contribution in [0.3, 0.4) is 0 Å². The first-order chi connectivity index (χ1) is 15.4. The summed E-state index contributed by atoms with van der Waals surface area (Å²) in [5.74, 6) is 2.44. The highest BCUT2D eigenvalue weighted by atomic mass is 15.4. The van der Waals surface area contributed by atoms with Crippen LogP contribution in [0.5, 0.6) is 0 Å². The molecule has 3 aromatic rings. The summed E-state index contributed by atoms with van der Waals surface area (Å²) in [6, 6.07) is 9.26. The van der Waals surface area contributed by atoms with E-state index in [0.29, 0.717) is 34.7 Å². The van der Waals surface area contributed by atoms with Gasteiger partial charge in [0.1, 0.15) is 23.2 Å². The highest BCUT2D eigenvalue weighted by Gasteiger charge is 2.38. The van der Waals surface area contributed by atoms with Gasteiger partial charge in [0.25, 0.3) is 0 Å². The molecule has 1 aliphatic heterocycles. The zero-order valence-electron chi connectivity index (χ0n) is 18.5. The van der Waals surface area contributed by atoms with Gasteiger partial charge in [-0.3, -0.25) is 20.3 Å². The molecule has 0 saturated heterocycles. The van der Waals surface area contributed by atoms with Crippen molar-refractivity contribution in [3.63, 3.8) is 0 Å². The van der Waals surface area contributed by atoms with Crippen molar-refractivity contribution in [1.82, 2.24) is 19.5 Å². The fraction of sp³-hybridized carbons (Fsp3) is 0.304.